The number of aromatic nitrogens is 3. The number of rotatable bonds is 5. The largest absolute Gasteiger partial charge is 0.462 e. The van der Waals surface area contributed by atoms with Crippen LogP contribution in [0.2, 0.25) is 5.02 Å². The van der Waals surface area contributed by atoms with Crippen LogP contribution < -0.4 is 20.7 Å². The van der Waals surface area contributed by atoms with Crippen molar-refractivity contribution in [2.75, 3.05) is 43.9 Å². The zero-order valence-electron chi connectivity index (χ0n) is 21.6. The molecule has 4 aromatic rings. The minimum Gasteiger partial charge on any atom is -0.462 e. The number of likely N-dealkylation sites (tertiary alicyclic amines) is 1. The van der Waals surface area contributed by atoms with Gasteiger partial charge in [0.1, 0.15) is 29.9 Å². The maximum atomic E-state index is 16.6. The number of hydrogen-bond acceptors (Lipinski definition) is 9. The molecule has 0 saturated carbocycles. The van der Waals surface area contributed by atoms with Crippen LogP contribution in [0.15, 0.2) is 18.2 Å². The Morgan fingerprint density at radius 3 is 2.65 bits per heavy atom. The van der Waals surface area contributed by atoms with Gasteiger partial charge in [0.05, 0.1) is 15.2 Å². The molecule has 0 spiro atoms. The average Bonchev–Trinajstić information content (AvgIpc) is 3.55. The summed E-state index contributed by atoms with van der Waals surface area (Å²) < 4.78 is 51.3. The zero-order chi connectivity index (χ0) is 27.7. The summed E-state index contributed by atoms with van der Waals surface area (Å²) in [6.45, 7) is 2.09. The van der Waals surface area contributed by atoms with E-state index in [9.17, 15) is 8.78 Å². The molecular weight excluding hydrogens is 563 g/mol. The van der Waals surface area contributed by atoms with E-state index >= 15 is 4.39 Å². The van der Waals surface area contributed by atoms with Gasteiger partial charge in [-0.2, -0.15) is 9.97 Å². The molecule has 210 valence electrons. The van der Waals surface area contributed by atoms with Gasteiger partial charge in [-0.1, -0.05) is 22.9 Å². The van der Waals surface area contributed by atoms with E-state index in [-0.39, 0.29) is 62.2 Å². The van der Waals surface area contributed by atoms with Gasteiger partial charge in [0.25, 0.3) is 0 Å². The van der Waals surface area contributed by atoms with Crippen LogP contribution in [0.3, 0.4) is 0 Å². The number of piperazine rings is 1. The maximum absolute atomic E-state index is 16.6. The molecule has 0 amide bonds. The lowest BCUT2D eigenvalue weighted by Crippen LogP contribution is -2.52. The van der Waals surface area contributed by atoms with Gasteiger partial charge in [0, 0.05) is 54.3 Å². The van der Waals surface area contributed by atoms with Gasteiger partial charge >= 0.3 is 6.01 Å². The van der Waals surface area contributed by atoms with Crippen molar-refractivity contribution >= 4 is 55.0 Å². The van der Waals surface area contributed by atoms with E-state index in [1.54, 1.807) is 6.07 Å². The lowest BCUT2D eigenvalue weighted by Gasteiger charge is -2.37. The number of nitrogens with one attached hydrogen (secondary N) is 1. The number of anilines is 2. The second-order valence-corrected chi connectivity index (χ2v) is 12.2. The molecule has 3 N–H and O–H groups in total. The van der Waals surface area contributed by atoms with Gasteiger partial charge in [-0.3, -0.25) is 4.90 Å². The van der Waals surface area contributed by atoms with Crippen molar-refractivity contribution in [3.63, 3.8) is 0 Å². The van der Waals surface area contributed by atoms with Gasteiger partial charge in [0.2, 0.25) is 0 Å². The van der Waals surface area contributed by atoms with E-state index in [0.29, 0.717) is 29.7 Å². The summed E-state index contributed by atoms with van der Waals surface area (Å²) in [7, 11) is 1.85. The molecule has 2 aromatic carbocycles. The van der Waals surface area contributed by atoms with Crippen molar-refractivity contribution in [2.45, 2.75) is 43.6 Å². The Labute approximate surface area is 237 Å². The summed E-state index contributed by atoms with van der Waals surface area (Å²) in [4.78, 5) is 17.7. The van der Waals surface area contributed by atoms with Crippen LogP contribution in [0.1, 0.15) is 19.3 Å². The molecular formula is C27H27ClF3N7OS. The second-order valence-electron chi connectivity index (χ2n) is 10.8. The summed E-state index contributed by atoms with van der Waals surface area (Å²) in [5, 5.41) is 4.22. The molecule has 7 rings (SSSR count). The fourth-order valence-electron chi connectivity index (χ4n) is 6.36. The first-order chi connectivity index (χ1) is 19.3. The van der Waals surface area contributed by atoms with Crippen molar-refractivity contribution in [3.8, 4) is 17.1 Å². The van der Waals surface area contributed by atoms with Gasteiger partial charge in [-0.15, -0.1) is 0 Å². The third-order valence-corrected chi connectivity index (χ3v) is 9.48. The van der Waals surface area contributed by atoms with Crippen LogP contribution >= 0.6 is 22.9 Å². The first-order valence-corrected chi connectivity index (χ1v) is 14.5. The van der Waals surface area contributed by atoms with Crippen LogP contribution in [0, 0.1) is 11.6 Å². The summed E-state index contributed by atoms with van der Waals surface area (Å²) >= 11 is 7.75. The first-order valence-electron chi connectivity index (χ1n) is 13.3. The van der Waals surface area contributed by atoms with Crippen molar-refractivity contribution < 1.29 is 17.9 Å². The number of alkyl halides is 1. The second kappa shape index (κ2) is 9.86. The lowest BCUT2D eigenvalue weighted by atomic mass is 10.0. The normalized spacial score (nSPS) is 25.0. The van der Waals surface area contributed by atoms with Crippen molar-refractivity contribution in [3.05, 3.63) is 34.9 Å². The average molecular weight is 590 g/mol. The fourth-order valence-corrected chi connectivity index (χ4v) is 7.42. The monoisotopic (exact) mass is 589 g/mol. The Balaban J connectivity index is 1.39. The standard InChI is InChI=1S/C27H27ClF3N7OS/c1-37-10-12(29)6-15(37)11-39-27-35-22-17(25(36-27)38-13-2-3-14(38)9-33-8-13)7-18(28)20(21(22)31)16-4-5-19(30)24-23(16)34-26(32)40-24/h4-5,7,12-15,33H,2-3,6,8-11H2,1H3,(H2,32,34)/t12-,13?,14?,15?/m1/s1. The van der Waals surface area contributed by atoms with Crippen LogP contribution in [0.25, 0.3) is 32.2 Å². The van der Waals surface area contributed by atoms with E-state index < -0.39 is 17.8 Å². The third kappa shape index (κ3) is 4.23. The molecule has 3 unspecified atom stereocenters. The Kier molecular flexibility index (Phi) is 6.41. The highest BCUT2D eigenvalue weighted by molar-refractivity contribution is 7.22. The predicted molar refractivity (Wildman–Crippen MR) is 151 cm³/mol. The molecule has 2 aromatic heterocycles. The number of thiazole rings is 1. The summed E-state index contributed by atoms with van der Waals surface area (Å²) in [6, 6.07) is 4.63. The molecule has 3 saturated heterocycles. The molecule has 3 aliphatic heterocycles. The quantitative estimate of drug-likeness (QED) is 0.344. The highest BCUT2D eigenvalue weighted by Crippen LogP contribution is 2.44. The Hall–Kier alpha value is -2.93. The van der Waals surface area contributed by atoms with E-state index in [0.717, 1.165) is 37.3 Å². The number of nitrogens with zero attached hydrogens (tertiary/aromatic N) is 5. The van der Waals surface area contributed by atoms with Crippen LogP contribution in [0.4, 0.5) is 24.1 Å². The molecule has 3 aliphatic rings. The van der Waals surface area contributed by atoms with Crippen molar-refractivity contribution in [1.82, 2.24) is 25.2 Å². The van der Waals surface area contributed by atoms with Crippen molar-refractivity contribution in [1.29, 1.82) is 0 Å². The van der Waals surface area contributed by atoms with Crippen LogP contribution in [0.5, 0.6) is 6.01 Å². The van der Waals surface area contributed by atoms with Crippen LogP contribution in [-0.4, -0.2) is 77.4 Å². The number of likely N-dealkylation sites (N-methyl/N-ethyl adjacent to an activating group) is 1. The smallest absolute Gasteiger partial charge is 0.319 e. The minimum absolute atomic E-state index is 0.0190. The Bertz CT molecular complexity index is 1620. The van der Waals surface area contributed by atoms with Crippen LogP contribution in [-0.2, 0) is 0 Å². The number of hydrogen-bond donors (Lipinski definition) is 2. The van der Waals surface area contributed by atoms with E-state index in [1.807, 2.05) is 11.9 Å². The first kappa shape index (κ1) is 26.0. The summed E-state index contributed by atoms with van der Waals surface area (Å²) in [6.07, 6.45) is 1.40. The lowest BCUT2D eigenvalue weighted by molar-refractivity contribution is 0.188. The number of nitrogens with two attached hydrogens (primary N) is 1. The highest BCUT2D eigenvalue weighted by Gasteiger charge is 2.39. The number of nitrogen functional groups attached to an aromatic ring is 1. The number of benzene rings is 2. The molecule has 13 heteroatoms. The molecule has 4 atom stereocenters. The van der Waals surface area contributed by atoms with Crippen molar-refractivity contribution in [2.24, 2.45) is 0 Å². The maximum Gasteiger partial charge on any atom is 0.319 e. The summed E-state index contributed by atoms with van der Waals surface area (Å²) in [5.74, 6) is -0.612. The Morgan fingerprint density at radius 2 is 1.93 bits per heavy atom. The fraction of sp³-hybridized carbons (Fsp3) is 0.444. The number of ether oxygens (including phenoxy) is 1. The molecule has 0 aliphatic carbocycles. The van der Waals surface area contributed by atoms with Gasteiger partial charge in [-0.05, 0) is 44.5 Å². The van der Waals surface area contributed by atoms with Gasteiger partial charge in [0.15, 0.2) is 10.9 Å². The molecule has 5 heterocycles. The SMILES string of the molecule is CN1C[C@H](F)CC1COc1nc(N2C3CCC2CNC3)c2cc(Cl)c(-c3ccc(F)c4sc(N)nc34)c(F)c2n1. The molecule has 3 fully saturated rings. The highest BCUT2D eigenvalue weighted by atomic mass is 35.5. The molecule has 0 radical (unpaired) electrons. The topological polar surface area (TPSA) is 92.4 Å². The van der Waals surface area contributed by atoms with E-state index in [4.69, 9.17) is 27.1 Å². The Morgan fingerprint density at radius 1 is 1.15 bits per heavy atom. The molecule has 8 nitrogen and oxygen atoms in total. The molecule has 40 heavy (non-hydrogen) atoms. The van der Waals surface area contributed by atoms with Gasteiger partial charge in [-0.25, -0.2) is 18.2 Å². The summed E-state index contributed by atoms with van der Waals surface area (Å²) in [5.41, 5.74) is 6.52. The van der Waals surface area contributed by atoms with Gasteiger partial charge < -0.3 is 20.7 Å². The minimum atomic E-state index is -0.919. The number of fused-ring (bicyclic) bond motifs is 4. The third-order valence-electron chi connectivity index (χ3n) is 8.29. The van der Waals surface area contributed by atoms with E-state index in [1.165, 1.54) is 12.1 Å². The van der Waals surface area contributed by atoms with E-state index in [2.05, 4.69) is 20.2 Å². The number of halogens is 4. The zero-order valence-corrected chi connectivity index (χ0v) is 23.2. The molecule has 2 bridgehead atoms. The predicted octanol–water partition coefficient (Wildman–Crippen LogP) is 4.78.